The SMILES string of the molecule is COCCN(C)CCNCCC1CCCCC1. The van der Waals surface area contributed by atoms with Gasteiger partial charge >= 0.3 is 0 Å². The van der Waals surface area contributed by atoms with Crippen LogP contribution in [0.25, 0.3) is 0 Å². The molecule has 0 heterocycles. The highest BCUT2D eigenvalue weighted by Gasteiger charge is 2.12. The van der Waals surface area contributed by atoms with Crippen LogP contribution in [0.1, 0.15) is 38.5 Å². The van der Waals surface area contributed by atoms with Gasteiger partial charge in [0.1, 0.15) is 0 Å². The van der Waals surface area contributed by atoms with E-state index in [0.717, 1.165) is 32.2 Å². The maximum absolute atomic E-state index is 5.06. The number of nitrogens with one attached hydrogen (secondary N) is 1. The average Bonchev–Trinajstić information content (AvgIpc) is 2.37. The summed E-state index contributed by atoms with van der Waals surface area (Å²) in [5, 5.41) is 3.56. The molecule has 0 aromatic rings. The van der Waals surface area contributed by atoms with E-state index in [0.29, 0.717) is 0 Å². The molecular formula is C14H30N2O. The van der Waals surface area contributed by atoms with Crippen LogP contribution in [-0.2, 0) is 4.74 Å². The number of hydrogen-bond acceptors (Lipinski definition) is 3. The van der Waals surface area contributed by atoms with Crippen LogP contribution < -0.4 is 5.32 Å². The number of likely N-dealkylation sites (N-methyl/N-ethyl adjacent to an activating group) is 1. The van der Waals surface area contributed by atoms with E-state index in [1.165, 1.54) is 45.1 Å². The lowest BCUT2D eigenvalue weighted by atomic mass is 9.87. The molecule has 3 nitrogen and oxygen atoms in total. The second-order valence-electron chi connectivity index (χ2n) is 5.34. The molecule has 3 heteroatoms. The highest BCUT2D eigenvalue weighted by Crippen LogP contribution is 2.25. The molecular weight excluding hydrogens is 212 g/mol. The molecule has 1 saturated carbocycles. The van der Waals surface area contributed by atoms with Crippen LogP contribution in [0.3, 0.4) is 0 Å². The molecule has 1 aliphatic carbocycles. The minimum Gasteiger partial charge on any atom is -0.383 e. The average molecular weight is 242 g/mol. The summed E-state index contributed by atoms with van der Waals surface area (Å²) in [6.07, 6.45) is 8.70. The van der Waals surface area contributed by atoms with Crippen molar-refractivity contribution in [3.8, 4) is 0 Å². The third-order valence-electron chi connectivity index (χ3n) is 3.80. The summed E-state index contributed by atoms with van der Waals surface area (Å²) in [6, 6.07) is 0. The summed E-state index contributed by atoms with van der Waals surface area (Å²) in [6.45, 7) is 5.28. The molecule has 0 saturated heterocycles. The van der Waals surface area contributed by atoms with Crippen molar-refractivity contribution in [3.05, 3.63) is 0 Å². The first kappa shape index (κ1) is 14.9. The van der Waals surface area contributed by atoms with Gasteiger partial charge in [-0.3, -0.25) is 0 Å². The van der Waals surface area contributed by atoms with Crippen LogP contribution in [0.5, 0.6) is 0 Å². The fourth-order valence-corrected chi connectivity index (χ4v) is 2.54. The fourth-order valence-electron chi connectivity index (χ4n) is 2.54. The van der Waals surface area contributed by atoms with Gasteiger partial charge in [0, 0.05) is 26.7 Å². The number of hydrogen-bond donors (Lipinski definition) is 1. The van der Waals surface area contributed by atoms with Crippen LogP contribution in [-0.4, -0.2) is 51.8 Å². The molecule has 1 N–H and O–H groups in total. The quantitative estimate of drug-likeness (QED) is 0.627. The van der Waals surface area contributed by atoms with Crippen molar-refractivity contribution in [1.29, 1.82) is 0 Å². The molecule has 1 fully saturated rings. The highest BCUT2D eigenvalue weighted by molar-refractivity contribution is 4.67. The third-order valence-corrected chi connectivity index (χ3v) is 3.80. The summed E-state index contributed by atoms with van der Waals surface area (Å²) in [5.41, 5.74) is 0. The number of ether oxygens (including phenoxy) is 1. The van der Waals surface area contributed by atoms with Crippen LogP contribution in [0.2, 0.25) is 0 Å². The second kappa shape index (κ2) is 9.86. The van der Waals surface area contributed by atoms with E-state index in [9.17, 15) is 0 Å². The zero-order chi connectivity index (χ0) is 12.3. The van der Waals surface area contributed by atoms with Crippen LogP contribution in [0.15, 0.2) is 0 Å². The van der Waals surface area contributed by atoms with Crippen LogP contribution >= 0.6 is 0 Å². The Morgan fingerprint density at radius 1 is 1.12 bits per heavy atom. The molecule has 0 bridgehead atoms. The molecule has 0 aromatic heterocycles. The van der Waals surface area contributed by atoms with Gasteiger partial charge in [-0.2, -0.15) is 0 Å². The van der Waals surface area contributed by atoms with Crippen molar-refractivity contribution in [1.82, 2.24) is 10.2 Å². The molecule has 0 aromatic carbocycles. The minimum atomic E-state index is 0.832. The molecule has 1 rings (SSSR count). The zero-order valence-electron chi connectivity index (χ0n) is 11.7. The molecule has 0 atom stereocenters. The predicted octanol–water partition coefficient (Wildman–Crippen LogP) is 2.12. The van der Waals surface area contributed by atoms with Gasteiger partial charge in [0.25, 0.3) is 0 Å². The smallest absolute Gasteiger partial charge is 0.0589 e. The standard InChI is InChI=1S/C14H30N2O/c1-16(12-13-17-2)11-10-15-9-8-14-6-4-3-5-7-14/h14-15H,3-13H2,1-2H3. The van der Waals surface area contributed by atoms with Gasteiger partial charge < -0.3 is 15.0 Å². The van der Waals surface area contributed by atoms with Gasteiger partial charge in [-0.05, 0) is 25.9 Å². The summed E-state index contributed by atoms with van der Waals surface area (Å²) < 4.78 is 5.06. The van der Waals surface area contributed by atoms with Crippen LogP contribution in [0, 0.1) is 5.92 Å². The van der Waals surface area contributed by atoms with E-state index in [1.54, 1.807) is 7.11 Å². The topological polar surface area (TPSA) is 24.5 Å². The third kappa shape index (κ3) is 7.74. The molecule has 0 amide bonds. The lowest BCUT2D eigenvalue weighted by Gasteiger charge is -2.22. The fraction of sp³-hybridized carbons (Fsp3) is 1.00. The van der Waals surface area contributed by atoms with Gasteiger partial charge in [0.05, 0.1) is 6.61 Å². The maximum atomic E-state index is 5.06. The van der Waals surface area contributed by atoms with Gasteiger partial charge in [0.2, 0.25) is 0 Å². The van der Waals surface area contributed by atoms with Crippen molar-refractivity contribution in [3.63, 3.8) is 0 Å². The summed E-state index contributed by atoms with van der Waals surface area (Å²) in [5.74, 6) is 1.00. The lowest BCUT2D eigenvalue weighted by Crippen LogP contribution is -2.32. The first-order valence-electron chi connectivity index (χ1n) is 7.21. The normalized spacial score (nSPS) is 17.8. The van der Waals surface area contributed by atoms with E-state index in [4.69, 9.17) is 4.74 Å². The van der Waals surface area contributed by atoms with E-state index in [-0.39, 0.29) is 0 Å². The molecule has 0 aliphatic heterocycles. The first-order chi connectivity index (χ1) is 8.33. The van der Waals surface area contributed by atoms with Crippen molar-refractivity contribution in [2.75, 3.05) is 46.9 Å². The molecule has 0 radical (unpaired) electrons. The zero-order valence-corrected chi connectivity index (χ0v) is 11.7. The van der Waals surface area contributed by atoms with Gasteiger partial charge in [-0.25, -0.2) is 0 Å². The Kier molecular flexibility index (Phi) is 8.67. The highest BCUT2D eigenvalue weighted by atomic mass is 16.5. The van der Waals surface area contributed by atoms with E-state index >= 15 is 0 Å². The van der Waals surface area contributed by atoms with Gasteiger partial charge in [-0.15, -0.1) is 0 Å². The number of nitrogens with zero attached hydrogens (tertiary/aromatic N) is 1. The van der Waals surface area contributed by atoms with E-state index in [2.05, 4.69) is 17.3 Å². The van der Waals surface area contributed by atoms with Crippen molar-refractivity contribution in [2.24, 2.45) is 5.92 Å². The molecule has 0 unspecified atom stereocenters. The molecule has 17 heavy (non-hydrogen) atoms. The Labute approximate surface area is 107 Å². The van der Waals surface area contributed by atoms with Crippen molar-refractivity contribution in [2.45, 2.75) is 38.5 Å². The Hall–Kier alpha value is -0.120. The second-order valence-corrected chi connectivity index (χ2v) is 5.34. The monoisotopic (exact) mass is 242 g/mol. The summed E-state index contributed by atoms with van der Waals surface area (Å²) >= 11 is 0. The maximum Gasteiger partial charge on any atom is 0.0589 e. The molecule has 102 valence electrons. The number of methoxy groups -OCH3 is 1. The minimum absolute atomic E-state index is 0.832. The largest absolute Gasteiger partial charge is 0.383 e. The Morgan fingerprint density at radius 3 is 2.59 bits per heavy atom. The molecule has 1 aliphatic rings. The van der Waals surface area contributed by atoms with E-state index in [1.807, 2.05) is 0 Å². The first-order valence-corrected chi connectivity index (χ1v) is 7.21. The lowest BCUT2D eigenvalue weighted by molar-refractivity contribution is 0.161. The predicted molar refractivity (Wildman–Crippen MR) is 73.4 cm³/mol. The molecule has 0 spiro atoms. The van der Waals surface area contributed by atoms with Gasteiger partial charge in [0.15, 0.2) is 0 Å². The van der Waals surface area contributed by atoms with Gasteiger partial charge in [-0.1, -0.05) is 32.1 Å². The Bertz CT molecular complexity index is 170. The number of rotatable bonds is 9. The summed E-state index contributed by atoms with van der Waals surface area (Å²) in [7, 11) is 3.91. The Morgan fingerprint density at radius 2 is 1.88 bits per heavy atom. The van der Waals surface area contributed by atoms with Crippen molar-refractivity contribution >= 4 is 0 Å². The summed E-state index contributed by atoms with van der Waals surface area (Å²) in [4.78, 5) is 2.32. The van der Waals surface area contributed by atoms with E-state index < -0.39 is 0 Å². The Balaban J connectivity index is 1.86. The van der Waals surface area contributed by atoms with Crippen molar-refractivity contribution < 1.29 is 4.74 Å². The van der Waals surface area contributed by atoms with Crippen LogP contribution in [0.4, 0.5) is 0 Å².